The summed E-state index contributed by atoms with van der Waals surface area (Å²) in [4.78, 5) is 0. The van der Waals surface area contributed by atoms with Crippen LogP contribution in [0.15, 0.2) is 97.1 Å². The Morgan fingerprint density at radius 3 is 2.08 bits per heavy atom. The maximum Gasteiger partial charge on any atom is 0.128 e. The van der Waals surface area contributed by atoms with Gasteiger partial charge in [0.05, 0.1) is 12.0 Å². The van der Waals surface area contributed by atoms with E-state index in [-0.39, 0.29) is 5.92 Å². The van der Waals surface area contributed by atoms with Gasteiger partial charge in [-0.3, -0.25) is 0 Å². The van der Waals surface area contributed by atoms with E-state index in [4.69, 9.17) is 4.74 Å². The first-order valence-corrected chi connectivity index (χ1v) is 8.55. The number of fused-ring (bicyclic) bond motifs is 1. The van der Waals surface area contributed by atoms with Gasteiger partial charge in [-0.1, -0.05) is 72.8 Å². The van der Waals surface area contributed by atoms with Crippen LogP contribution in [0.3, 0.4) is 0 Å². The van der Waals surface area contributed by atoms with E-state index in [2.05, 4.69) is 18.2 Å². The maximum atomic E-state index is 9.88. The second-order valence-corrected chi connectivity index (χ2v) is 6.12. The Bertz CT molecular complexity index is 1070. The number of hydrogen-bond acceptors (Lipinski definition) is 2. The molecule has 0 saturated heterocycles. The molecule has 4 aromatic carbocycles. The van der Waals surface area contributed by atoms with Gasteiger partial charge in [0.25, 0.3) is 0 Å². The van der Waals surface area contributed by atoms with Crippen LogP contribution in [-0.4, -0.2) is 0 Å². The number of benzene rings is 4. The second kappa shape index (κ2) is 7.13. The van der Waals surface area contributed by atoms with E-state index in [0.29, 0.717) is 0 Å². The molecule has 0 aliphatic carbocycles. The molecule has 0 N–H and O–H groups in total. The molecule has 0 saturated carbocycles. The van der Waals surface area contributed by atoms with Crippen molar-refractivity contribution in [3.63, 3.8) is 0 Å². The SMILES string of the molecule is N#CC(c1ccccc1)c1cc(Oc2ccccc2)cc2ccccc12. The monoisotopic (exact) mass is 335 g/mol. The maximum absolute atomic E-state index is 9.88. The zero-order valence-corrected chi connectivity index (χ0v) is 14.2. The number of nitrogens with zero attached hydrogens (tertiary/aromatic N) is 1. The van der Waals surface area contributed by atoms with Gasteiger partial charge in [-0.2, -0.15) is 5.26 Å². The van der Waals surface area contributed by atoms with Gasteiger partial charge in [0.1, 0.15) is 11.5 Å². The fourth-order valence-electron chi connectivity index (χ4n) is 3.20. The summed E-state index contributed by atoms with van der Waals surface area (Å²) >= 11 is 0. The lowest BCUT2D eigenvalue weighted by Gasteiger charge is -2.16. The van der Waals surface area contributed by atoms with Gasteiger partial charge < -0.3 is 4.74 Å². The summed E-state index contributed by atoms with van der Waals surface area (Å²) in [7, 11) is 0. The number of nitriles is 1. The molecule has 0 radical (unpaired) electrons. The first-order valence-electron chi connectivity index (χ1n) is 8.55. The minimum absolute atomic E-state index is 0.347. The number of hydrogen-bond donors (Lipinski definition) is 0. The van der Waals surface area contributed by atoms with Gasteiger partial charge in [0, 0.05) is 0 Å². The van der Waals surface area contributed by atoms with Crippen LogP contribution in [0.2, 0.25) is 0 Å². The summed E-state index contributed by atoms with van der Waals surface area (Å²) in [5.74, 6) is 1.17. The first kappa shape index (κ1) is 15.9. The number of ether oxygens (including phenoxy) is 1. The first-order chi connectivity index (χ1) is 12.8. The van der Waals surface area contributed by atoms with Crippen LogP contribution in [-0.2, 0) is 0 Å². The highest BCUT2D eigenvalue weighted by molar-refractivity contribution is 5.88. The predicted molar refractivity (Wildman–Crippen MR) is 104 cm³/mol. The molecule has 0 bridgehead atoms. The minimum atomic E-state index is -0.347. The molecule has 4 aromatic rings. The van der Waals surface area contributed by atoms with Gasteiger partial charge in [0.15, 0.2) is 0 Å². The van der Waals surface area contributed by atoms with Crippen molar-refractivity contribution < 1.29 is 4.74 Å². The Morgan fingerprint density at radius 2 is 1.35 bits per heavy atom. The molecule has 2 nitrogen and oxygen atoms in total. The largest absolute Gasteiger partial charge is 0.457 e. The molecule has 124 valence electrons. The molecule has 26 heavy (non-hydrogen) atoms. The molecule has 0 amide bonds. The summed E-state index contributed by atoms with van der Waals surface area (Å²) < 4.78 is 6.05. The van der Waals surface area contributed by atoms with E-state index in [1.165, 1.54) is 0 Å². The van der Waals surface area contributed by atoms with Gasteiger partial charge in [-0.25, -0.2) is 0 Å². The Morgan fingerprint density at radius 1 is 0.692 bits per heavy atom. The average Bonchev–Trinajstić information content (AvgIpc) is 2.70. The van der Waals surface area contributed by atoms with Gasteiger partial charge in [-0.05, 0) is 46.2 Å². The van der Waals surface area contributed by atoms with Crippen LogP contribution in [0.4, 0.5) is 0 Å². The lowest BCUT2D eigenvalue weighted by atomic mass is 9.88. The Kier molecular flexibility index (Phi) is 4.37. The van der Waals surface area contributed by atoms with Crippen molar-refractivity contribution in [3.05, 3.63) is 108 Å². The van der Waals surface area contributed by atoms with Crippen molar-refractivity contribution in [2.75, 3.05) is 0 Å². The van der Waals surface area contributed by atoms with E-state index >= 15 is 0 Å². The minimum Gasteiger partial charge on any atom is -0.457 e. The smallest absolute Gasteiger partial charge is 0.128 e. The van der Waals surface area contributed by atoms with Gasteiger partial charge >= 0.3 is 0 Å². The molecule has 4 rings (SSSR count). The average molecular weight is 335 g/mol. The zero-order chi connectivity index (χ0) is 17.8. The highest BCUT2D eigenvalue weighted by Crippen LogP contribution is 2.35. The molecule has 0 aromatic heterocycles. The third-order valence-corrected chi connectivity index (χ3v) is 4.42. The van der Waals surface area contributed by atoms with Crippen molar-refractivity contribution in [2.24, 2.45) is 0 Å². The number of rotatable bonds is 4. The van der Waals surface area contributed by atoms with Crippen molar-refractivity contribution in [1.82, 2.24) is 0 Å². The van der Waals surface area contributed by atoms with E-state index in [1.54, 1.807) is 0 Å². The van der Waals surface area contributed by atoms with Crippen LogP contribution in [0.5, 0.6) is 11.5 Å². The predicted octanol–water partition coefficient (Wildman–Crippen LogP) is 6.29. The quantitative estimate of drug-likeness (QED) is 0.439. The van der Waals surface area contributed by atoms with Crippen LogP contribution in [0, 0.1) is 11.3 Å². The molecule has 0 aliphatic heterocycles. The topological polar surface area (TPSA) is 33.0 Å². The van der Waals surface area contributed by atoms with E-state index < -0.39 is 0 Å². The van der Waals surface area contributed by atoms with Crippen LogP contribution < -0.4 is 4.74 Å². The fraction of sp³-hybridized carbons (Fsp3) is 0.0417. The lowest BCUT2D eigenvalue weighted by molar-refractivity contribution is 0.483. The summed E-state index contributed by atoms with van der Waals surface area (Å²) in [5, 5.41) is 12.0. The van der Waals surface area contributed by atoms with E-state index in [1.807, 2.05) is 84.9 Å². The van der Waals surface area contributed by atoms with Crippen molar-refractivity contribution in [3.8, 4) is 17.6 Å². The third-order valence-electron chi connectivity index (χ3n) is 4.42. The molecule has 0 fully saturated rings. The molecule has 0 heterocycles. The Balaban J connectivity index is 1.86. The van der Waals surface area contributed by atoms with Crippen molar-refractivity contribution in [2.45, 2.75) is 5.92 Å². The molecular formula is C24H17NO. The molecule has 0 aliphatic rings. The highest BCUT2D eigenvalue weighted by atomic mass is 16.5. The molecule has 2 heteroatoms. The van der Waals surface area contributed by atoms with Crippen molar-refractivity contribution >= 4 is 10.8 Å². The van der Waals surface area contributed by atoms with E-state index in [0.717, 1.165) is 33.4 Å². The fourth-order valence-corrected chi connectivity index (χ4v) is 3.20. The van der Waals surface area contributed by atoms with Crippen LogP contribution in [0.1, 0.15) is 17.0 Å². The van der Waals surface area contributed by atoms with Gasteiger partial charge in [0.2, 0.25) is 0 Å². The Labute approximate surface area is 152 Å². The molecular weight excluding hydrogens is 318 g/mol. The molecule has 0 spiro atoms. The van der Waals surface area contributed by atoms with Crippen molar-refractivity contribution in [1.29, 1.82) is 5.26 Å². The highest BCUT2D eigenvalue weighted by Gasteiger charge is 2.17. The molecule has 1 unspecified atom stereocenters. The summed E-state index contributed by atoms with van der Waals surface area (Å²) in [6.07, 6.45) is 0. The van der Waals surface area contributed by atoms with Crippen LogP contribution in [0.25, 0.3) is 10.8 Å². The lowest BCUT2D eigenvalue weighted by Crippen LogP contribution is -2.00. The summed E-state index contributed by atoms with van der Waals surface area (Å²) in [5.41, 5.74) is 1.94. The van der Waals surface area contributed by atoms with Gasteiger partial charge in [-0.15, -0.1) is 0 Å². The van der Waals surface area contributed by atoms with E-state index in [9.17, 15) is 5.26 Å². The third kappa shape index (κ3) is 3.16. The summed E-state index contributed by atoms with van der Waals surface area (Å²) in [6.45, 7) is 0. The summed E-state index contributed by atoms with van der Waals surface area (Å²) in [6, 6.07) is 34.2. The normalized spacial score (nSPS) is 11.7. The standard InChI is InChI=1S/C24H17NO/c25-17-24(18-9-3-1-4-10-18)23-16-21(26-20-12-5-2-6-13-20)15-19-11-7-8-14-22(19)23/h1-16,24H. The second-order valence-electron chi connectivity index (χ2n) is 6.12. The number of para-hydroxylation sites is 1. The molecule has 1 atom stereocenters. The van der Waals surface area contributed by atoms with Crippen LogP contribution >= 0.6 is 0 Å². The Hall–Kier alpha value is -3.57. The zero-order valence-electron chi connectivity index (χ0n) is 14.2.